The van der Waals surface area contributed by atoms with Gasteiger partial charge in [-0.05, 0) is 45.7 Å². The highest BCUT2D eigenvalue weighted by Gasteiger charge is 2.23. The summed E-state index contributed by atoms with van der Waals surface area (Å²) in [4.78, 5) is 25.1. The van der Waals surface area contributed by atoms with Gasteiger partial charge >= 0.3 is 0 Å². The Hall–Kier alpha value is -2.63. The van der Waals surface area contributed by atoms with Gasteiger partial charge in [-0.3, -0.25) is 14.3 Å². The molecule has 1 aromatic carbocycles. The minimum atomic E-state index is -0.239. The first-order valence-electron chi connectivity index (χ1n) is 9.22. The lowest BCUT2D eigenvalue weighted by atomic mass is 10.1. The first-order valence-corrected chi connectivity index (χ1v) is 9.22. The molecule has 2 N–H and O–H groups in total. The Morgan fingerprint density at radius 2 is 1.81 bits per heavy atom. The zero-order valence-corrected chi connectivity index (χ0v) is 15.6. The summed E-state index contributed by atoms with van der Waals surface area (Å²) in [7, 11) is 0. The maximum absolute atomic E-state index is 12.8. The van der Waals surface area contributed by atoms with Crippen LogP contribution in [0.3, 0.4) is 0 Å². The molecular formula is C20H26N4O2. The number of para-hydroxylation sites is 1. The second-order valence-electron chi connectivity index (χ2n) is 7.15. The third-order valence-corrected chi connectivity index (χ3v) is 4.80. The zero-order valence-electron chi connectivity index (χ0n) is 15.6. The van der Waals surface area contributed by atoms with E-state index in [1.54, 1.807) is 30.5 Å². The number of hydrogen-bond donors (Lipinski definition) is 2. The summed E-state index contributed by atoms with van der Waals surface area (Å²) in [5.74, 6) is -0.439. The molecule has 1 aliphatic rings. The average molecular weight is 354 g/mol. The predicted molar refractivity (Wildman–Crippen MR) is 101 cm³/mol. The number of anilines is 1. The molecule has 2 amide bonds. The summed E-state index contributed by atoms with van der Waals surface area (Å²) >= 11 is 0. The molecule has 1 fully saturated rings. The topological polar surface area (TPSA) is 76.0 Å². The molecule has 3 rings (SSSR count). The SMILES string of the molecule is Cc1c(C(=O)Nc2ccccc2C(=O)NC(C)C)cnn1C1CCCC1. The van der Waals surface area contributed by atoms with Crippen LogP contribution in [0.1, 0.15) is 72.0 Å². The average Bonchev–Trinajstić information content (AvgIpc) is 3.23. The fraction of sp³-hybridized carbons (Fsp3) is 0.450. The number of carbonyl (C=O) groups is 2. The van der Waals surface area contributed by atoms with Crippen LogP contribution >= 0.6 is 0 Å². The van der Waals surface area contributed by atoms with Crippen LogP contribution in [-0.2, 0) is 0 Å². The van der Waals surface area contributed by atoms with Gasteiger partial charge in [0.25, 0.3) is 11.8 Å². The maximum atomic E-state index is 12.8. The minimum Gasteiger partial charge on any atom is -0.350 e. The van der Waals surface area contributed by atoms with Crippen molar-refractivity contribution in [3.05, 3.63) is 47.3 Å². The van der Waals surface area contributed by atoms with E-state index in [1.165, 1.54) is 12.8 Å². The molecule has 0 bridgehead atoms. The Balaban J connectivity index is 1.80. The van der Waals surface area contributed by atoms with E-state index in [0.717, 1.165) is 18.5 Å². The first kappa shape index (κ1) is 18.2. The smallest absolute Gasteiger partial charge is 0.259 e. The van der Waals surface area contributed by atoms with Crippen LogP contribution in [0, 0.1) is 6.92 Å². The number of benzene rings is 1. The normalized spacial score (nSPS) is 14.6. The Morgan fingerprint density at radius 1 is 1.12 bits per heavy atom. The molecule has 1 aromatic heterocycles. The Labute approximate surface area is 154 Å². The number of aromatic nitrogens is 2. The highest BCUT2D eigenvalue weighted by molar-refractivity contribution is 6.09. The number of rotatable bonds is 5. The van der Waals surface area contributed by atoms with Crippen LogP contribution in [0.4, 0.5) is 5.69 Å². The van der Waals surface area contributed by atoms with Crippen molar-refractivity contribution in [2.45, 2.75) is 58.5 Å². The van der Waals surface area contributed by atoms with Crippen LogP contribution in [0.25, 0.3) is 0 Å². The summed E-state index contributed by atoms with van der Waals surface area (Å²) in [6.45, 7) is 5.73. The monoisotopic (exact) mass is 354 g/mol. The second-order valence-corrected chi connectivity index (χ2v) is 7.15. The van der Waals surface area contributed by atoms with E-state index in [4.69, 9.17) is 0 Å². The molecule has 0 aliphatic heterocycles. The highest BCUT2D eigenvalue weighted by Crippen LogP contribution is 2.30. The Morgan fingerprint density at radius 3 is 2.50 bits per heavy atom. The lowest BCUT2D eigenvalue weighted by molar-refractivity contribution is 0.0944. The fourth-order valence-electron chi connectivity index (χ4n) is 3.48. The Bertz CT molecular complexity index is 804. The predicted octanol–water partition coefficient (Wildman–Crippen LogP) is 3.70. The van der Waals surface area contributed by atoms with Crippen LogP contribution in [0.15, 0.2) is 30.5 Å². The molecule has 1 heterocycles. The largest absolute Gasteiger partial charge is 0.350 e. The molecule has 1 aliphatic carbocycles. The van der Waals surface area contributed by atoms with Crippen molar-refractivity contribution in [2.75, 3.05) is 5.32 Å². The molecular weight excluding hydrogens is 328 g/mol. The summed E-state index contributed by atoms with van der Waals surface area (Å²) in [6.07, 6.45) is 6.27. The van der Waals surface area contributed by atoms with Crippen molar-refractivity contribution in [2.24, 2.45) is 0 Å². The van der Waals surface area contributed by atoms with E-state index >= 15 is 0 Å². The molecule has 2 aromatic rings. The summed E-state index contributed by atoms with van der Waals surface area (Å²) in [5.41, 5.74) is 2.38. The second kappa shape index (κ2) is 7.72. The molecule has 0 radical (unpaired) electrons. The molecule has 0 saturated heterocycles. The third kappa shape index (κ3) is 3.79. The molecule has 0 atom stereocenters. The standard InChI is InChI=1S/C20H26N4O2/c1-13(2)22-19(25)16-10-6-7-11-18(16)23-20(26)17-12-21-24(14(17)3)15-8-4-5-9-15/h6-7,10-13,15H,4-5,8-9H2,1-3H3,(H,22,25)(H,23,26). The van der Waals surface area contributed by atoms with E-state index in [2.05, 4.69) is 15.7 Å². The fourth-order valence-corrected chi connectivity index (χ4v) is 3.48. The van der Waals surface area contributed by atoms with Gasteiger partial charge in [0.15, 0.2) is 0 Å². The summed E-state index contributed by atoms with van der Waals surface area (Å²) in [5, 5.41) is 10.2. The van der Waals surface area contributed by atoms with Crippen LogP contribution < -0.4 is 10.6 Å². The zero-order chi connectivity index (χ0) is 18.7. The van der Waals surface area contributed by atoms with E-state index in [1.807, 2.05) is 25.5 Å². The summed E-state index contributed by atoms with van der Waals surface area (Å²) in [6, 6.07) is 7.45. The van der Waals surface area contributed by atoms with Crippen molar-refractivity contribution in [1.29, 1.82) is 0 Å². The number of nitrogens with one attached hydrogen (secondary N) is 2. The van der Waals surface area contributed by atoms with E-state index in [-0.39, 0.29) is 17.9 Å². The maximum Gasteiger partial charge on any atom is 0.259 e. The number of carbonyl (C=O) groups excluding carboxylic acids is 2. The minimum absolute atomic E-state index is 0.0261. The third-order valence-electron chi connectivity index (χ3n) is 4.80. The van der Waals surface area contributed by atoms with Crippen LogP contribution in [0.2, 0.25) is 0 Å². The molecule has 0 unspecified atom stereocenters. The van der Waals surface area contributed by atoms with Gasteiger partial charge in [0.2, 0.25) is 0 Å². The lowest BCUT2D eigenvalue weighted by Gasteiger charge is -2.14. The molecule has 6 heteroatoms. The molecule has 1 saturated carbocycles. The van der Waals surface area contributed by atoms with Crippen molar-refractivity contribution >= 4 is 17.5 Å². The van der Waals surface area contributed by atoms with Crippen LogP contribution in [0.5, 0.6) is 0 Å². The summed E-state index contributed by atoms with van der Waals surface area (Å²) < 4.78 is 1.97. The van der Waals surface area contributed by atoms with E-state index in [9.17, 15) is 9.59 Å². The molecule has 26 heavy (non-hydrogen) atoms. The highest BCUT2D eigenvalue weighted by atomic mass is 16.2. The van der Waals surface area contributed by atoms with Crippen molar-refractivity contribution in [3.63, 3.8) is 0 Å². The van der Waals surface area contributed by atoms with Gasteiger partial charge in [-0.2, -0.15) is 5.10 Å². The van der Waals surface area contributed by atoms with E-state index in [0.29, 0.717) is 22.9 Å². The van der Waals surface area contributed by atoms with Crippen molar-refractivity contribution in [1.82, 2.24) is 15.1 Å². The van der Waals surface area contributed by atoms with Gasteiger partial charge in [0.1, 0.15) is 0 Å². The molecule has 0 spiro atoms. The van der Waals surface area contributed by atoms with Gasteiger partial charge in [-0.15, -0.1) is 0 Å². The van der Waals surface area contributed by atoms with Gasteiger partial charge in [0, 0.05) is 11.7 Å². The van der Waals surface area contributed by atoms with Crippen molar-refractivity contribution < 1.29 is 9.59 Å². The number of hydrogen-bond acceptors (Lipinski definition) is 3. The van der Waals surface area contributed by atoms with Gasteiger partial charge in [0.05, 0.1) is 29.1 Å². The van der Waals surface area contributed by atoms with Gasteiger partial charge < -0.3 is 10.6 Å². The number of nitrogens with zero attached hydrogens (tertiary/aromatic N) is 2. The van der Waals surface area contributed by atoms with Crippen LogP contribution in [-0.4, -0.2) is 27.6 Å². The van der Waals surface area contributed by atoms with Gasteiger partial charge in [-0.1, -0.05) is 25.0 Å². The van der Waals surface area contributed by atoms with Crippen molar-refractivity contribution in [3.8, 4) is 0 Å². The quantitative estimate of drug-likeness (QED) is 0.860. The Kier molecular flexibility index (Phi) is 5.40. The molecule has 6 nitrogen and oxygen atoms in total. The molecule has 138 valence electrons. The van der Waals surface area contributed by atoms with E-state index < -0.39 is 0 Å². The first-order chi connectivity index (χ1) is 12.5. The number of amides is 2. The lowest BCUT2D eigenvalue weighted by Crippen LogP contribution is -2.31. The van der Waals surface area contributed by atoms with Gasteiger partial charge in [-0.25, -0.2) is 0 Å².